The molecule has 0 aliphatic heterocycles. The molecule has 3 aromatic rings. The lowest BCUT2D eigenvalue weighted by molar-refractivity contribution is 0.0594. The van der Waals surface area contributed by atoms with Crippen molar-refractivity contribution in [1.82, 2.24) is 9.55 Å². The molecule has 0 radical (unpaired) electrons. The molecule has 0 saturated carbocycles. The summed E-state index contributed by atoms with van der Waals surface area (Å²) in [6.07, 6.45) is 5.14. The van der Waals surface area contributed by atoms with Crippen LogP contribution in [0.3, 0.4) is 0 Å². The summed E-state index contributed by atoms with van der Waals surface area (Å²) in [6, 6.07) is 15.3. The molecule has 0 atom stereocenters. The first-order chi connectivity index (χ1) is 11.2. The number of nitrogens with zero attached hydrogens (tertiary/aromatic N) is 3. The van der Waals surface area contributed by atoms with Crippen molar-refractivity contribution in [3.8, 4) is 22.9 Å². The van der Waals surface area contributed by atoms with Gasteiger partial charge in [-0.2, -0.15) is 5.26 Å². The van der Waals surface area contributed by atoms with Gasteiger partial charge >= 0.3 is 5.97 Å². The Labute approximate surface area is 133 Å². The van der Waals surface area contributed by atoms with Gasteiger partial charge in [0.1, 0.15) is 11.8 Å². The summed E-state index contributed by atoms with van der Waals surface area (Å²) < 4.78 is 6.48. The third-order valence-corrected chi connectivity index (χ3v) is 3.47. The number of hydrogen-bond acceptors (Lipinski definition) is 4. The summed E-state index contributed by atoms with van der Waals surface area (Å²) in [5.41, 5.74) is 3.32. The number of methoxy groups -OCH3 is 1. The largest absolute Gasteiger partial charge is 0.464 e. The maximum atomic E-state index is 11.6. The van der Waals surface area contributed by atoms with Crippen molar-refractivity contribution in [3.63, 3.8) is 0 Å². The monoisotopic (exact) mass is 303 g/mol. The van der Waals surface area contributed by atoms with Gasteiger partial charge < -0.3 is 9.30 Å². The first kappa shape index (κ1) is 14.5. The van der Waals surface area contributed by atoms with Crippen molar-refractivity contribution in [2.45, 2.75) is 0 Å². The average molecular weight is 303 g/mol. The summed E-state index contributed by atoms with van der Waals surface area (Å²) >= 11 is 0. The molecule has 0 N–H and O–H groups in total. The van der Waals surface area contributed by atoms with Crippen molar-refractivity contribution in [3.05, 3.63) is 72.3 Å². The fourth-order valence-corrected chi connectivity index (χ4v) is 2.34. The minimum absolute atomic E-state index is 0.221. The normalized spacial score (nSPS) is 10.1. The summed E-state index contributed by atoms with van der Waals surface area (Å²) in [5.74, 6) is -0.497. The number of nitriles is 1. The Balaban J connectivity index is 2.07. The second-order valence-electron chi connectivity index (χ2n) is 4.86. The van der Waals surface area contributed by atoms with Gasteiger partial charge in [-0.05, 0) is 17.7 Å². The van der Waals surface area contributed by atoms with Gasteiger partial charge in [0.15, 0.2) is 0 Å². The number of carbonyl (C=O) groups is 1. The van der Waals surface area contributed by atoms with E-state index in [4.69, 9.17) is 0 Å². The molecule has 0 unspecified atom stereocenters. The highest BCUT2D eigenvalue weighted by atomic mass is 16.5. The molecule has 1 aromatic carbocycles. The number of aromatic nitrogens is 2. The van der Waals surface area contributed by atoms with Crippen molar-refractivity contribution < 1.29 is 9.53 Å². The van der Waals surface area contributed by atoms with E-state index >= 15 is 0 Å². The second kappa shape index (κ2) is 6.16. The lowest BCUT2D eigenvalue weighted by Gasteiger charge is -2.04. The van der Waals surface area contributed by atoms with E-state index in [0.29, 0.717) is 5.56 Å². The zero-order valence-corrected chi connectivity index (χ0v) is 12.4. The van der Waals surface area contributed by atoms with Crippen molar-refractivity contribution in [2.75, 3.05) is 7.11 Å². The van der Waals surface area contributed by atoms with Crippen molar-refractivity contribution in [1.29, 1.82) is 5.26 Å². The van der Waals surface area contributed by atoms with E-state index < -0.39 is 5.97 Å². The van der Waals surface area contributed by atoms with Crippen LogP contribution in [0, 0.1) is 11.3 Å². The number of hydrogen-bond donors (Lipinski definition) is 0. The van der Waals surface area contributed by atoms with Crippen LogP contribution >= 0.6 is 0 Å². The van der Waals surface area contributed by atoms with Gasteiger partial charge in [-0.3, -0.25) is 0 Å². The second-order valence-corrected chi connectivity index (χ2v) is 4.86. The molecule has 0 spiro atoms. The summed E-state index contributed by atoms with van der Waals surface area (Å²) in [4.78, 5) is 15.6. The van der Waals surface area contributed by atoms with Crippen LogP contribution in [-0.4, -0.2) is 22.6 Å². The van der Waals surface area contributed by atoms with E-state index in [2.05, 4.69) is 15.8 Å². The maximum absolute atomic E-state index is 11.6. The first-order valence-corrected chi connectivity index (χ1v) is 6.95. The quantitative estimate of drug-likeness (QED) is 0.697. The molecule has 23 heavy (non-hydrogen) atoms. The van der Waals surface area contributed by atoms with E-state index in [1.54, 1.807) is 22.9 Å². The summed E-state index contributed by atoms with van der Waals surface area (Å²) in [5, 5.41) is 9.37. The minimum Gasteiger partial charge on any atom is -0.464 e. The Hall–Kier alpha value is -3.39. The Bertz CT molecular complexity index is 892. The Morgan fingerprint density at radius 3 is 2.70 bits per heavy atom. The van der Waals surface area contributed by atoms with E-state index in [1.165, 1.54) is 13.3 Å². The smallest absolute Gasteiger partial charge is 0.356 e. The molecule has 0 saturated heterocycles. The zero-order chi connectivity index (χ0) is 16.2. The van der Waals surface area contributed by atoms with E-state index in [9.17, 15) is 10.1 Å². The van der Waals surface area contributed by atoms with E-state index in [0.717, 1.165) is 16.8 Å². The fourth-order valence-electron chi connectivity index (χ4n) is 2.34. The summed E-state index contributed by atoms with van der Waals surface area (Å²) in [6.45, 7) is 0. The van der Waals surface area contributed by atoms with Crippen LogP contribution in [0.25, 0.3) is 16.8 Å². The number of carbonyl (C=O) groups excluding carboxylic acids is 1. The van der Waals surface area contributed by atoms with Gasteiger partial charge in [-0.15, -0.1) is 0 Å². The first-order valence-electron chi connectivity index (χ1n) is 6.95. The highest BCUT2D eigenvalue weighted by molar-refractivity contribution is 5.87. The zero-order valence-electron chi connectivity index (χ0n) is 12.4. The molecule has 5 nitrogen and oxygen atoms in total. The SMILES string of the molecule is COC(=O)c1cc(-n2cc(C#N)c(-c3ccccc3)c2)ccn1. The predicted octanol–water partition coefficient (Wildman–Crippen LogP) is 3.20. The minimum atomic E-state index is -0.497. The predicted molar refractivity (Wildman–Crippen MR) is 85.1 cm³/mol. The number of rotatable bonds is 3. The van der Waals surface area contributed by atoms with Crippen LogP contribution in [0.1, 0.15) is 16.1 Å². The van der Waals surface area contributed by atoms with Crippen molar-refractivity contribution >= 4 is 5.97 Å². The molecule has 0 aliphatic rings. The molecular formula is C18H13N3O2. The fraction of sp³-hybridized carbons (Fsp3) is 0.0556. The maximum Gasteiger partial charge on any atom is 0.356 e. The van der Waals surface area contributed by atoms with E-state index in [-0.39, 0.29) is 5.69 Å². The molecule has 0 aliphatic carbocycles. The van der Waals surface area contributed by atoms with Gasteiger partial charge in [0, 0.05) is 29.8 Å². The molecule has 0 fully saturated rings. The number of pyridine rings is 1. The van der Waals surface area contributed by atoms with E-state index in [1.807, 2.05) is 36.5 Å². The van der Waals surface area contributed by atoms with Crippen LogP contribution < -0.4 is 0 Å². The summed E-state index contributed by atoms with van der Waals surface area (Å²) in [7, 11) is 1.31. The molecule has 2 heterocycles. The number of benzene rings is 1. The van der Waals surface area contributed by atoms with Gasteiger partial charge in [0.2, 0.25) is 0 Å². The topological polar surface area (TPSA) is 67.9 Å². The Morgan fingerprint density at radius 1 is 1.22 bits per heavy atom. The third-order valence-electron chi connectivity index (χ3n) is 3.47. The van der Waals surface area contributed by atoms with Crippen LogP contribution in [0.2, 0.25) is 0 Å². The molecule has 2 aromatic heterocycles. The highest BCUT2D eigenvalue weighted by Gasteiger charge is 2.12. The molecule has 0 amide bonds. The van der Waals surface area contributed by atoms with Crippen molar-refractivity contribution in [2.24, 2.45) is 0 Å². The average Bonchev–Trinajstić information content (AvgIpc) is 3.06. The number of ether oxygens (including phenoxy) is 1. The molecule has 5 heteroatoms. The lowest BCUT2D eigenvalue weighted by atomic mass is 10.1. The standard InChI is InChI=1S/C18H13N3O2/c1-23-18(22)17-9-15(7-8-20-17)21-11-14(10-19)16(12-21)13-5-3-2-4-6-13/h2-9,11-12H,1H3. The van der Waals surface area contributed by atoms with Crippen LogP contribution in [0.5, 0.6) is 0 Å². The molecule has 0 bridgehead atoms. The van der Waals surface area contributed by atoms with Gasteiger partial charge in [-0.25, -0.2) is 9.78 Å². The Kier molecular flexibility index (Phi) is 3.89. The number of esters is 1. The third kappa shape index (κ3) is 2.83. The Morgan fingerprint density at radius 2 is 2.00 bits per heavy atom. The van der Waals surface area contributed by atoms with Crippen LogP contribution in [-0.2, 0) is 4.74 Å². The lowest BCUT2D eigenvalue weighted by Crippen LogP contribution is -2.05. The van der Waals surface area contributed by atoms with Crippen LogP contribution in [0.15, 0.2) is 61.1 Å². The van der Waals surface area contributed by atoms with Gasteiger partial charge in [0.05, 0.1) is 12.7 Å². The van der Waals surface area contributed by atoms with Gasteiger partial charge in [-0.1, -0.05) is 30.3 Å². The van der Waals surface area contributed by atoms with Gasteiger partial charge in [0.25, 0.3) is 0 Å². The molecule has 3 rings (SSSR count). The molecular weight excluding hydrogens is 290 g/mol. The van der Waals surface area contributed by atoms with Crippen LogP contribution in [0.4, 0.5) is 0 Å². The molecule has 112 valence electrons. The highest BCUT2D eigenvalue weighted by Crippen LogP contribution is 2.26.